The number of carbonyl (C=O) groups excluding carboxylic acids is 1. The van der Waals surface area contributed by atoms with Gasteiger partial charge in [0.25, 0.3) is 0 Å². The van der Waals surface area contributed by atoms with Crippen molar-refractivity contribution in [3.8, 4) is 0 Å². The second-order valence-electron chi connectivity index (χ2n) is 5.19. The number of likely N-dealkylation sites (N-methyl/N-ethyl adjacent to an activating group) is 1. The number of nitrogens with zero attached hydrogens (tertiary/aromatic N) is 1. The Morgan fingerprint density at radius 3 is 2.68 bits per heavy atom. The van der Waals surface area contributed by atoms with E-state index in [1.807, 2.05) is 0 Å². The molecule has 0 aromatic carbocycles. The maximum absolute atomic E-state index is 11.7. The lowest BCUT2D eigenvalue weighted by molar-refractivity contribution is -0.141. The second-order valence-corrected chi connectivity index (χ2v) is 5.19. The predicted octanol–water partition coefficient (Wildman–Crippen LogP) is 0.879. The number of likely N-dealkylation sites (tertiary alicyclic amines) is 1. The molecule has 0 radical (unpaired) electrons. The molecule has 3 unspecified atom stereocenters. The Balaban J connectivity index is 2.29. The van der Waals surface area contributed by atoms with Crippen molar-refractivity contribution in [2.75, 3.05) is 19.6 Å². The first kappa shape index (κ1) is 15.8. The van der Waals surface area contributed by atoms with E-state index in [2.05, 4.69) is 22.5 Å². The van der Waals surface area contributed by atoms with Gasteiger partial charge in [0.05, 0.1) is 5.92 Å². The summed E-state index contributed by atoms with van der Waals surface area (Å²) < 4.78 is 0. The monoisotopic (exact) mass is 271 g/mol. The first-order valence-electron chi connectivity index (χ1n) is 6.97. The fourth-order valence-electron chi connectivity index (χ4n) is 2.35. The molecule has 0 bridgehead atoms. The van der Waals surface area contributed by atoms with Crippen molar-refractivity contribution < 1.29 is 14.7 Å². The first-order valence-corrected chi connectivity index (χ1v) is 6.97. The van der Waals surface area contributed by atoms with Crippen LogP contribution in [-0.4, -0.2) is 53.7 Å². The molecule has 0 aromatic rings. The number of carboxylic acid groups (broad SMARTS) is 1. The molecule has 6 heteroatoms. The third-order valence-corrected chi connectivity index (χ3v) is 3.90. The molecular weight excluding hydrogens is 246 g/mol. The Kier molecular flexibility index (Phi) is 6.08. The fraction of sp³-hybridized carbons (Fsp3) is 0.846. The molecule has 3 atom stereocenters. The Morgan fingerprint density at radius 2 is 2.11 bits per heavy atom. The quantitative estimate of drug-likeness (QED) is 0.670. The zero-order chi connectivity index (χ0) is 14.4. The summed E-state index contributed by atoms with van der Waals surface area (Å²) in [4.78, 5) is 24.8. The Bertz CT molecular complexity index is 322. The number of hydrogen-bond acceptors (Lipinski definition) is 3. The highest BCUT2D eigenvalue weighted by molar-refractivity contribution is 5.76. The maximum atomic E-state index is 11.7. The van der Waals surface area contributed by atoms with E-state index in [0.717, 1.165) is 19.5 Å². The molecule has 19 heavy (non-hydrogen) atoms. The number of amides is 2. The van der Waals surface area contributed by atoms with Gasteiger partial charge in [0.1, 0.15) is 0 Å². The topological polar surface area (TPSA) is 81.7 Å². The second kappa shape index (κ2) is 7.33. The molecule has 1 rings (SSSR count). The number of carboxylic acids is 1. The Hall–Kier alpha value is -1.30. The summed E-state index contributed by atoms with van der Waals surface area (Å²) in [6.45, 7) is 8.12. The molecule has 2 amide bonds. The molecule has 6 nitrogen and oxygen atoms in total. The number of aliphatic carboxylic acids is 1. The lowest BCUT2D eigenvalue weighted by Crippen LogP contribution is -2.48. The highest BCUT2D eigenvalue weighted by atomic mass is 16.4. The van der Waals surface area contributed by atoms with Gasteiger partial charge in [-0.1, -0.05) is 6.92 Å². The van der Waals surface area contributed by atoms with Crippen LogP contribution in [0.1, 0.15) is 33.6 Å². The normalized spacial score (nSPS) is 22.8. The molecule has 0 aliphatic carbocycles. The van der Waals surface area contributed by atoms with E-state index in [9.17, 15) is 9.59 Å². The van der Waals surface area contributed by atoms with Crippen LogP contribution in [-0.2, 0) is 4.79 Å². The average molecular weight is 271 g/mol. The summed E-state index contributed by atoms with van der Waals surface area (Å²) in [7, 11) is 0. The molecule has 1 saturated heterocycles. The summed E-state index contributed by atoms with van der Waals surface area (Å²) >= 11 is 0. The Labute approximate surface area is 114 Å². The highest BCUT2D eigenvalue weighted by Gasteiger charge is 2.24. The molecule has 1 aliphatic heterocycles. The van der Waals surface area contributed by atoms with Crippen LogP contribution in [0.5, 0.6) is 0 Å². The van der Waals surface area contributed by atoms with Gasteiger partial charge in [-0.25, -0.2) is 4.79 Å². The van der Waals surface area contributed by atoms with Crippen LogP contribution in [0, 0.1) is 5.92 Å². The summed E-state index contributed by atoms with van der Waals surface area (Å²) in [5.41, 5.74) is 0. The summed E-state index contributed by atoms with van der Waals surface area (Å²) in [5.74, 6) is -1.50. The largest absolute Gasteiger partial charge is 0.481 e. The molecular formula is C13H25N3O3. The van der Waals surface area contributed by atoms with E-state index in [4.69, 9.17) is 5.11 Å². The van der Waals surface area contributed by atoms with Gasteiger partial charge >= 0.3 is 12.0 Å². The standard InChI is InChI=1S/C13H25N3O3/c1-4-16-7-5-6-11(16)8-14-13(19)15-10(3)9(2)12(17)18/h9-11H,4-8H2,1-3H3,(H,17,18)(H2,14,15,19). The number of nitrogens with one attached hydrogen (secondary N) is 2. The van der Waals surface area contributed by atoms with Crippen molar-refractivity contribution in [1.82, 2.24) is 15.5 Å². The van der Waals surface area contributed by atoms with Crippen LogP contribution in [0.15, 0.2) is 0 Å². The first-order chi connectivity index (χ1) is 8.95. The van der Waals surface area contributed by atoms with Crippen molar-refractivity contribution in [2.24, 2.45) is 5.92 Å². The van der Waals surface area contributed by atoms with Gasteiger partial charge in [0.15, 0.2) is 0 Å². The molecule has 0 aromatic heterocycles. The Morgan fingerprint density at radius 1 is 1.42 bits per heavy atom. The minimum absolute atomic E-state index is 0.288. The van der Waals surface area contributed by atoms with Gasteiger partial charge < -0.3 is 15.7 Å². The third-order valence-electron chi connectivity index (χ3n) is 3.90. The molecule has 0 saturated carbocycles. The number of urea groups is 1. The van der Waals surface area contributed by atoms with E-state index in [1.54, 1.807) is 13.8 Å². The van der Waals surface area contributed by atoms with Gasteiger partial charge in [-0.05, 0) is 39.8 Å². The molecule has 1 aliphatic rings. The maximum Gasteiger partial charge on any atom is 0.315 e. The predicted molar refractivity (Wildman–Crippen MR) is 73.1 cm³/mol. The van der Waals surface area contributed by atoms with E-state index >= 15 is 0 Å². The van der Waals surface area contributed by atoms with Gasteiger partial charge in [0, 0.05) is 18.6 Å². The smallest absolute Gasteiger partial charge is 0.315 e. The number of carbonyl (C=O) groups is 2. The molecule has 1 fully saturated rings. The minimum Gasteiger partial charge on any atom is -0.481 e. The molecule has 110 valence electrons. The van der Waals surface area contributed by atoms with Crippen LogP contribution in [0.2, 0.25) is 0 Å². The summed E-state index contributed by atoms with van der Waals surface area (Å²) in [5, 5.41) is 14.4. The van der Waals surface area contributed by atoms with E-state index in [1.165, 1.54) is 6.42 Å². The van der Waals surface area contributed by atoms with Crippen molar-refractivity contribution in [1.29, 1.82) is 0 Å². The summed E-state index contributed by atoms with van der Waals surface area (Å²) in [6.07, 6.45) is 2.28. The van der Waals surface area contributed by atoms with Crippen molar-refractivity contribution in [3.05, 3.63) is 0 Å². The lowest BCUT2D eigenvalue weighted by atomic mass is 10.0. The van der Waals surface area contributed by atoms with E-state index in [-0.39, 0.29) is 12.1 Å². The third kappa shape index (κ3) is 4.70. The van der Waals surface area contributed by atoms with Crippen LogP contribution in [0.25, 0.3) is 0 Å². The van der Waals surface area contributed by atoms with Crippen LogP contribution >= 0.6 is 0 Å². The van der Waals surface area contributed by atoms with Gasteiger partial charge in [-0.15, -0.1) is 0 Å². The van der Waals surface area contributed by atoms with Crippen LogP contribution in [0.4, 0.5) is 4.79 Å². The van der Waals surface area contributed by atoms with Gasteiger partial charge in [-0.3, -0.25) is 9.69 Å². The molecule has 3 N–H and O–H groups in total. The lowest BCUT2D eigenvalue weighted by Gasteiger charge is -2.24. The SMILES string of the molecule is CCN1CCCC1CNC(=O)NC(C)C(C)C(=O)O. The zero-order valence-corrected chi connectivity index (χ0v) is 12.0. The minimum atomic E-state index is -0.902. The van der Waals surface area contributed by atoms with Gasteiger partial charge in [-0.2, -0.15) is 0 Å². The molecule has 1 heterocycles. The average Bonchev–Trinajstić information content (AvgIpc) is 2.82. The number of rotatable bonds is 6. The van der Waals surface area contributed by atoms with Gasteiger partial charge in [0.2, 0.25) is 0 Å². The van der Waals surface area contributed by atoms with Crippen molar-refractivity contribution in [3.63, 3.8) is 0 Å². The van der Waals surface area contributed by atoms with Crippen LogP contribution in [0.3, 0.4) is 0 Å². The zero-order valence-electron chi connectivity index (χ0n) is 12.0. The van der Waals surface area contributed by atoms with E-state index in [0.29, 0.717) is 12.6 Å². The highest BCUT2D eigenvalue weighted by Crippen LogP contribution is 2.15. The van der Waals surface area contributed by atoms with E-state index < -0.39 is 11.9 Å². The van der Waals surface area contributed by atoms with Crippen molar-refractivity contribution in [2.45, 2.75) is 45.7 Å². The number of hydrogen-bond donors (Lipinski definition) is 3. The fourth-order valence-corrected chi connectivity index (χ4v) is 2.35. The summed E-state index contributed by atoms with van der Waals surface area (Å²) in [6, 6.07) is -0.269. The van der Waals surface area contributed by atoms with Crippen LogP contribution < -0.4 is 10.6 Å². The van der Waals surface area contributed by atoms with Crippen molar-refractivity contribution >= 4 is 12.0 Å². The molecule has 0 spiro atoms.